The second-order valence-corrected chi connectivity index (χ2v) is 8.46. The number of esters is 1. The number of hydrogen-bond acceptors (Lipinski definition) is 4. The van der Waals surface area contributed by atoms with Crippen molar-refractivity contribution in [2.45, 2.75) is 11.4 Å². The molecule has 0 fully saturated rings. The quantitative estimate of drug-likeness (QED) is 0.601. The zero-order valence-electron chi connectivity index (χ0n) is 14.8. The van der Waals surface area contributed by atoms with Crippen molar-refractivity contribution in [3.05, 3.63) is 76.8 Å². The lowest BCUT2D eigenvalue weighted by Gasteiger charge is -2.19. The van der Waals surface area contributed by atoms with Gasteiger partial charge in [-0.05, 0) is 34.5 Å². The van der Waals surface area contributed by atoms with Gasteiger partial charge >= 0.3 is 5.97 Å². The smallest absolute Gasteiger partial charge is 0.337 e. The van der Waals surface area contributed by atoms with Crippen LogP contribution < -0.4 is 0 Å². The molecule has 0 saturated carbocycles. The number of ether oxygens (including phenoxy) is 1. The lowest BCUT2D eigenvalue weighted by Crippen LogP contribution is -2.27. The van der Waals surface area contributed by atoms with Gasteiger partial charge in [-0.1, -0.05) is 54.1 Å². The summed E-state index contributed by atoms with van der Waals surface area (Å²) in [6.07, 6.45) is 0. The Labute approximate surface area is 163 Å². The monoisotopic (exact) mass is 403 g/mol. The minimum absolute atomic E-state index is 0.0485. The van der Waals surface area contributed by atoms with E-state index in [-0.39, 0.29) is 22.0 Å². The normalized spacial score (nSPS) is 11.7. The van der Waals surface area contributed by atoms with Crippen LogP contribution in [0.5, 0.6) is 0 Å². The summed E-state index contributed by atoms with van der Waals surface area (Å²) in [5.41, 5.74) is 0.999. The molecule has 7 heteroatoms. The van der Waals surface area contributed by atoms with Gasteiger partial charge < -0.3 is 4.74 Å². The molecule has 0 heterocycles. The van der Waals surface area contributed by atoms with Gasteiger partial charge in [-0.25, -0.2) is 13.2 Å². The van der Waals surface area contributed by atoms with Gasteiger partial charge in [0.15, 0.2) is 0 Å². The minimum Gasteiger partial charge on any atom is -0.465 e. The maximum Gasteiger partial charge on any atom is 0.337 e. The van der Waals surface area contributed by atoms with Crippen molar-refractivity contribution in [3.8, 4) is 0 Å². The summed E-state index contributed by atoms with van der Waals surface area (Å²) in [7, 11) is -1.19. The molecule has 27 heavy (non-hydrogen) atoms. The molecule has 5 nitrogen and oxygen atoms in total. The van der Waals surface area contributed by atoms with Crippen LogP contribution in [0.15, 0.2) is 65.6 Å². The summed E-state index contributed by atoms with van der Waals surface area (Å²) in [5.74, 6) is -0.625. The van der Waals surface area contributed by atoms with Gasteiger partial charge in [-0.15, -0.1) is 0 Å². The van der Waals surface area contributed by atoms with Crippen molar-refractivity contribution in [1.82, 2.24) is 4.31 Å². The van der Waals surface area contributed by atoms with Gasteiger partial charge in [0.05, 0.1) is 17.7 Å². The zero-order chi connectivity index (χ0) is 19.6. The highest BCUT2D eigenvalue weighted by atomic mass is 35.5. The maximum atomic E-state index is 13.0. The molecule has 0 atom stereocenters. The summed E-state index contributed by atoms with van der Waals surface area (Å²) in [4.78, 5) is 11.6. The molecule has 3 aromatic carbocycles. The SMILES string of the molecule is COC(=O)c1ccc(Cl)c(S(=O)(=O)N(C)Cc2cccc3ccccc23)c1. The third-order valence-corrected chi connectivity index (χ3v) is 6.60. The predicted octanol–water partition coefficient (Wildman–Crippen LogP) is 4.10. The molecule has 0 aromatic heterocycles. The van der Waals surface area contributed by atoms with Gasteiger partial charge in [-0.3, -0.25) is 0 Å². The number of halogens is 1. The van der Waals surface area contributed by atoms with Gasteiger partial charge in [0.2, 0.25) is 10.0 Å². The standard InChI is InChI=1S/C20H18ClNO4S/c1-22(13-16-8-5-7-14-6-3-4-9-17(14)16)27(24,25)19-12-15(20(23)26-2)10-11-18(19)21/h3-12H,13H2,1-2H3. The van der Waals surface area contributed by atoms with E-state index in [9.17, 15) is 13.2 Å². The van der Waals surface area contributed by atoms with Crippen molar-refractivity contribution in [3.63, 3.8) is 0 Å². The fourth-order valence-corrected chi connectivity index (χ4v) is 4.51. The predicted molar refractivity (Wildman–Crippen MR) is 105 cm³/mol. The highest BCUT2D eigenvalue weighted by molar-refractivity contribution is 7.89. The lowest BCUT2D eigenvalue weighted by atomic mass is 10.0. The fraction of sp³-hybridized carbons (Fsp3) is 0.150. The first-order valence-corrected chi connectivity index (χ1v) is 9.97. The third-order valence-electron chi connectivity index (χ3n) is 4.31. The van der Waals surface area contributed by atoms with Crippen LogP contribution in [-0.4, -0.2) is 32.8 Å². The van der Waals surface area contributed by atoms with Crippen LogP contribution in [0.1, 0.15) is 15.9 Å². The first-order chi connectivity index (χ1) is 12.8. The van der Waals surface area contributed by atoms with Crippen molar-refractivity contribution >= 4 is 38.4 Å². The first-order valence-electron chi connectivity index (χ1n) is 8.15. The summed E-state index contributed by atoms with van der Waals surface area (Å²) in [6, 6.07) is 17.6. The molecule has 3 aromatic rings. The van der Waals surface area contributed by atoms with Crippen molar-refractivity contribution < 1.29 is 17.9 Å². The van der Waals surface area contributed by atoms with Crippen molar-refractivity contribution in [2.24, 2.45) is 0 Å². The number of rotatable bonds is 5. The Morgan fingerprint density at radius 1 is 1.07 bits per heavy atom. The average molecular weight is 404 g/mol. The fourth-order valence-electron chi connectivity index (χ4n) is 2.87. The molecule has 3 rings (SSSR count). The van der Waals surface area contributed by atoms with Crippen LogP contribution >= 0.6 is 11.6 Å². The summed E-state index contributed by atoms with van der Waals surface area (Å²) >= 11 is 6.11. The van der Waals surface area contributed by atoms with Crippen LogP contribution in [0.4, 0.5) is 0 Å². The summed E-state index contributed by atoms with van der Waals surface area (Å²) in [5, 5.41) is 2.07. The molecule has 0 N–H and O–H groups in total. The van der Waals surface area contributed by atoms with E-state index in [0.717, 1.165) is 16.3 Å². The second kappa shape index (κ2) is 7.68. The van der Waals surface area contributed by atoms with Gasteiger partial charge in [-0.2, -0.15) is 4.31 Å². The third kappa shape index (κ3) is 3.83. The maximum absolute atomic E-state index is 13.0. The number of sulfonamides is 1. The molecule has 0 aliphatic rings. The number of carbonyl (C=O) groups excluding carboxylic acids is 1. The summed E-state index contributed by atoms with van der Waals surface area (Å²) < 4.78 is 32.0. The van der Waals surface area contributed by atoms with Crippen LogP contribution in [0, 0.1) is 0 Å². The number of benzene rings is 3. The van der Waals surface area contributed by atoms with Crippen LogP contribution in [0.3, 0.4) is 0 Å². The van der Waals surface area contributed by atoms with E-state index in [4.69, 9.17) is 11.6 Å². The molecule has 0 unspecified atom stereocenters. The van der Waals surface area contributed by atoms with Crippen LogP contribution in [0.25, 0.3) is 10.8 Å². The van der Waals surface area contributed by atoms with Gasteiger partial charge in [0, 0.05) is 13.6 Å². The van der Waals surface area contributed by atoms with E-state index >= 15 is 0 Å². The van der Waals surface area contributed by atoms with Gasteiger partial charge in [0.1, 0.15) is 4.90 Å². The zero-order valence-corrected chi connectivity index (χ0v) is 16.4. The summed E-state index contributed by atoms with van der Waals surface area (Å²) in [6.45, 7) is 0.169. The van der Waals surface area contributed by atoms with Crippen LogP contribution in [0.2, 0.25) is 5.02 Å². The lowest BCUT2D eigenvalue weighted by molar-refractivity contribution is 0.0600. The van der Waals surface area contributed by atoms with E-state index in [2.05, 4.69) is 4.74 Å². The molecule has 0 aliphatic carbocycles. The van der Waals surface area contributed by atoms with Crippen molar-refractivity contribution in [1.29, 1.82) is 0 Å². The number of fused-ring (bicyclic) bond motifs is 1. The first kappa shape index (κ1) is 19.4. The molecule has 140 valence electrons. The Morgan fingerprint density at radius 2 is 1.78 bits per heavy atom. The Morgan fingerprint density at radius 3 is 2.52 bits per heavy atom. The Balaban J connectivity index is 1.98. The second-order valence-electron chi connectivity index (χ2n) is 6.04. The van der Waals surface area contributed by atoms with E-state index < -0.39 is 16.0 Å². The van der Waals surface area contributed by atoms with E-state index in [1.165, 1.54) is 36.7 Å². The minimum atomic E-state index is -3.91. The molecule has 0 amide bonds. The topological polar surface area (TPSA) is 63.7 Å². The van der Waals surface area contributed by atoms with E-state index in [1.807, 2.05) is 42.5 Å². The Kier molecular flexibility index (Phi) is 5.51. The molecule has 0 aliphatic heterocycles. The Hall–Kier alpha value is -2.41. The highest BCUT2D eigenvalue weighted by Gasteiger charge is 2.25. The number of carbonyl (C=O) groups is 1. The molecular formula is C20H18ClNO4S. The average Bonchev–Trinajstić information content (AvgIpc) is 2.67. The highest BCUT2D eigenvalue weighted by Crippen LogP contribution is 2.28. The number of nitrogens with zero attached hydrogens (tertiary/aromatic N) is 1. The van der Waals surface area contributed by atoms with E-state index in [1.54, 1.807) is 0 Å². The number of methoxy groups -OCH3 is 1. The molecule has 0 spiro atoms. The largest absolute Gasteiger partial charge is 0.465 e. The van der Waals surface area contributed by atoms with E-state index in [0.29, 0.717) is 0 Å². The molecule has 0 bridgehead atoms. The number of hydrogen-bond donors (Lipinski definition) is 0. The molecule has 0 saturated heterocycles. The van der Waals surface area contributed by atoms with Crippen LogP contribution in [-0.2, 0) is 21.3 Å². The molecular weight excluding hydrogens is 386 g/mol. The molecule has 0 radical (unpaired) electrons. The van der Waals surface area contributed by atoms with Crippen molar-refractivity contribution in [2.75, 3.05) is 14.2 Å². The Bertz CT molecular complexity index is 1110. The van der Waals surface area contributed by atoms with Gasteiger partial charge in [0.25, 0.3) is 0 Å².